The van der Waals surface area contributed by atoms with E-state index >= 15 is 0 Å². The average molecular weight is 295 g/mol. The molecule has 116 valence electrons. The van der Waals surface area contributed by atoms with Crippen LogP contribution in [0.25, 0.3) is 0 Å². The van der Waals surface area contributed by atoms with Gasteiger partial charge in [-0.15, -0.1) is 0 Å². The molecule has 0 aliphatic carbocycles. The van der Waals surface area contributed by atoms with Gasteiger partial charge in [0.05, 0.1) is 5.56 Å². The van der Waals surface area contributed by atoms with Crippen molar-refractivity contribution in [3.05, 3.63) is 23.8 Å². The Morgan fingerprint density at radius 3 is 2.71 bits per heavy atom. The average Bonchev–Trinajstić information content (AvgIpc) is 2.44. The molecule has 5 N–H and O–H groups in total. The van der Waals surface area contributed by atoms with Crippen LogP contribution in [0.5, 0.6) is 5.75 Å². The summed E-state index contributed by atoms with van der Waals surface area (Å²) in [5, 5.41) is 2.71. The van der Waals surface area contributed by atoms with E-state index in [-0.39, 0.29) is 17.2 Å². The zero-order valence-electron chi connectivity index (χ0n) is 12.2. The Kier molecular flexibility index (Phi) is 6.48. The van der Waals surface area contributed by atoms with Crippen LogP contribution in [0.2, 0.25) is 0 Å². The number of ether oxygens (including phenoxy) is 2. The van der Waals surface area contributed by atoms with E-state index in [9.17, 15) is 9.59 Å². The quantitative estimate of drug-likeness (QED) is 0.470. The van der Waals surface area contributed by atoms with Gasteiger partial charge in [-0.2, -0.15) is 0 Å². The van der Waals surface area contributed by atoms with Gasteiger partial charge in [-0.1, -0.05) is 0 Å². The van der Waals surface area contributed by atoms with E-state index in [1.54, 1.807) is 20.1 Å². The molecule has 1 unspecified atom stereocenters. The Morgan fingerprint density at radius 1 is 1.38 bits per heavy atom. The van der Waals surface area contributed by atoms with Gasteiger partial charge in [-0.3, -0.25) is 9.59 Å². The van der Waals surface area contributed by atoms with Crippen LogP contribution in [-0.2, 0) is 9.53 Å². The SMILES string of the molecule is COCCCNC(=O)C(C)Oc1ccc(N)cc1C(N)=O. The smallest absolute Gasteiger partial charge is 0.260 e. The Labute approximate surface area is 123 Å². The summed E-state index contributed by atoms with van der Waals surface area (Å²) in [5.41, 5.74) is 11.4. The first kappa shape index (κ1) is 16.8. The number of rotatable bonds is 8. The van der Waals surface area contributed by atoms with Gasteiger partial charge >= 0.3 is 0 Å². The van der Waals surface area contributed by atoms with Crippen molar-refractivity contribution in [1.29, 1.82) is 0 Å². The molecule has 0 heterocycles. The number of methoxy groups -OCH3 is 1. The summed E-state index contributed by atoms with van der Waals surface area (Å²) in [6, 6.07) is 4.51. The fraction of sp³-hybridized carbons (Fsp3) is 0.429. The zero-order chi connectivity index (χ0) is 15.8. The number of benzene rings is 1. The molecular formula is C14H21N3O4. The van der Waals surface area contributed by atoms with Gasteiger partial charge in [0, 0.05) is 25.9 Å². The van der Waals surface area contributed by atoms with Crippen molar-refractivity contribution in [2.24, 2.45) is 5.73 Å². The number of nitrogen functional groups attached to an aromatic ring is 1. The molecule has 1 atom stereocenters. The van der Waals surface area contributed by atoms with Crippen molar-refractivity contribution in [3.8, 4) is 5.75 Å². The van der Waals surface area contributed by atoms with Crippen LogP contribution < -0.4 is 21.5 Å². The second kappa shape index (κ2) is 8.11. The van der Waals surface area contributed by atoms with Crippen molar-refractivity contribution in [1.82, 2.24) is 5.32 Å². The van der Waals surface area contributed by atoms with Crippen LogP contribution in [0.3, 0.4) is 0 Å². The number of carbonyl (C=O) groups excluding carboxylic acids is 2. The Bertz CT molecular complexity index is 505. The van der Waals surface area contributed by atoms with E-state index in [1.165, 1.54) is 12.1 Å². The zero-order valence-corrected chi connectivity index (χ0v) is 12.2. The lowest BCUT2D eigenvalue weighted by Gasteiger charge is -2.16. The summed E-state index contributed by atoms with van der Waals surface area (Å²) in [7, 11) is 1.60. The molecule has 1 aromatic rings. The molecule has 0 aliphatic rings. The number of amides is 2. The summed E-state index contributed by atoms with van der Waals surface area (Å²) in [5.74, 6) is -0.709. The van der Waals surface area contributed by atoms with Crippen LogP contribution in [0.15, 0.2) is 18.2 Å². The lowest BCUT2D eigenvalue weighted by atomic mass is 10.1. The second-order valence-electron chi connectivity index (χ2n) is 4.52. The number of primary amides is 1. The normalized spacial score (nSPS) is 11.7. The topological polar surface area (TPSA) is 117 Å². The van der Waals surface area contributed by atoms with Crippen molar-refractivity contribution in [2.45, 2.75) is 19.4 Å². The fourth-order valence-corrected chi connectivity index (χ4v) is 1.66. The Morgan fingerprint density at radius 2 is 2.10 bits per heavy atom. The number of nitrogens with one attached hydrogen (secondary N) is 1. The minimum absolute atomic E-state index is 0.147. The first-order valence-electron chi connectivity index (χ1n) is 6.58. The standard InChI is InChI=1S/C14H21N3O4/c1-9(14(19)17-6-3-7-20-2)21-12-5-4-10(15)8-11(12)13(16)18/h4-5,8-9H,3,6-7,15H2,1-2H3,(H2,16,18)(H,17,19). The highest BCUT2D eigenvalue weighted by Gasteiger charge is 2.17. The Hall–Kier alpha value is -2.28. The molecule has 0 radical (unpaired) electrons. The van der Waals surface area contributed by atoms with Gasteiger partial charge in [0.2, 0.25) is 0 Å². The molecule has 21 heavy (non-hydrogen) atoms. The molecule has 1 aromatic carbocycles. The first-order valence-corrected chi connectivity index (χ1v) is 6.58. The molecule has 2 amide bonds. The maximum absolute atomic E-state index is 11.8. The van der Waals surface area contributed by atoms with Gasteiger partial charge in [0.1, 0.15) is 5.75 Å². The number of carbonyl (C=O) groups is 2. The maximum atomic E-state index is 11.8. The first-order chi connectivity index (χ1) is 9.95. The van der Waals surface area contributed by atoms with Crippen LogP contribution in [-0.4, -0.2) is 38.2 Å². The monoisotopic (exact) mass is 295 g/mol. The predicted octanol–water partition coefficient (Wildman–Crippen LogP) is 0.288. The third-order valence-electron chi connectivity index (χ3n) is 2.77. The molecule has 0 saturated carbocycles. The van der Waals surface area contributed by atoms with Gasteiger partial charge < -0.3 is 26.3 Å². The molecule has 0 aromatic heterocycles. The molecular weight excluding hydrogens is 274 g/mol. The van der Waals surface area contributed by atoms with E-state index in [0.29, 0.717) is 25.3 Å². The van der Waals surface area contributed by atoms with E-state index in [2.05, 4.69) is 5.32 Å². The van der Waals surface area contributed by atoms with Crippen molar-refractivity contribution in [3.63, 3.8) is 0 Å². The van der Waals surface area contributed by atoms with Crippen LogP contribution >= 0.6 is 0 Å². The number of nitrogens with two attached hydrogens (primary N) is 2. The summed E-state index contributed by atoms with van der Waals surface area (Å²) in [6.45, 7) is 2.65. The van der Waals surface area contributed by atoms with Gasteiger partial charge in [-0.05, 0) is 31.5 Å². The summed E-state index contributed by atoms with van der Waals surface area (Å²) in [6.07, 6.45) is -0.0436. The predicted molar refractivity (Wildman–Crippen MR) is 79.0 cm³/mol. The second-order valence-corrected chi connectivity index (χ2v) is 4.52. The molecule has 7 nitrogen and oxygen atoms in total. The van der Waals surface area contributed by atoms with Crippen LogP contribution in [0, 0.1) is 0 Å². The van der Waals surface area contributed by atoms with E-state index in [1.807, 2.05) is 0 Å². The molecule has 0 saturated heterocycles. The van der Waals surface area contributed by atoms with Gasteiger partial charge in [-0.25, -0.2) is 0 Å². The number of hydrogen-bond acceptors (Lipinski definition) is 5. The molecule has 0 spiro atoms. The highest BCUT2D eigenvalue weighted by atomic mass is 16.5. The Balaban J connectivity index is 2.63. The largest absolute Gasteiger partial charge is 0.480 e. The van der Waals surface area contributed by atoms with Gasteiger partial charge in [0.15, 0.2) is 6.10 Å². The van der Waals surface area contributed by atoms with Crippen molar-refractivity contribution < 1.29 is 19.1 Å². The van der Waals surface area contributed by atoms with E-state index < -0.39 is 12.0 Å². The highest BCUT2D eigenvalue weighted by Crippen LogP contribution is 2.22. The molecule has 1 rings (SSSR count). The molecule has 0 bridgehead atoms. The summed E-state index contributed by atoms with van der Waals surface area (Å²) in [4.78, 5) is 23.2. The third kappa shape index (κ3) is 5.31. The van der Waals surface area contributed by atoms with Crippen molar-refractivity contribution in [2.75, 3.05) is 26.0 Å². The summed E-state index contributed by atoms with van der Waals surface area (Å²) >= 11 is 0. The maximum Gasteiger partial charge on any atom is 0.260 e. The van der Waals surface area contributed by atoms with Gasteiger partial charge in [0.25, 0.3) is 11.8 Å². The van der Waals surface area contributed by atoms with E-state index in [0.717, 1.165) is 0 Å². The number of hydrogen-bond donors (Lipinski definition) is 3. The highest BCUT2D eigenvalue weighted by molar-refractivity contribution is 5.96. The van der Waals surface area contributed by atoms with Crippen LogP contribution in [0.4, 0.5) is 5.69 Å². The van der Waals surface area contributed by atoms with E-state index in [4.69, 9.17) is 20.9 Å². The fourth-order valence-electron chi connectivity index (χ4n) is 1.66. The minimum Gasteiger partial charge on any atom is -0.480 e. The van der Waals surface area contributed by atoms with Crippen molar-refractivity contribution >= 4 is 17.5 Å². The lowest BCUT2D eigenvalue weighted by molar-refractivity contribution is -0.127. The molecule has 0 aliphatic heterocycles. The number of anilines is 1. The lowest BCUT2D eigenvalue weighted by Crippen LogP contribution is -2.37. The minimum atomic E-state index is -0.755. The summed E-state index contributed by atoms with van der Waals surface area (Å²) < 4.78 is 10.4. The third-order valence-corrected chi connectivity index (χ3v) is 2.77. The molecule has 0 fully saturated rings. The van der Waals surface area contributed by atoms with Crippen LogP contribution in [0.1, 0.15) is 23.7 Å². The molecule has 7 heteroatoms.